The highest BCUT2D eigenvalue weighted by atomic mass is 32.1. The number of aromatic nitrogens is 3. The van der Waals surface area contributed by atoms with Crippen molar-refractivity contribution in [2.24, 2.45) is 4.99 Å². The van der Waals surface area contributed by atoms with Crippen LogP contribution >= 0.6 is 11.3 Å². The Labute approximate surface area is 118 Å². The highest BCUT2D eigenvalue weighted by molar-refractivity contribution is 7.13. The van der Waals surface area contributed by atoms with Gasteiger partial charge in [0.1, 0.15) is 5.51 Å². The van der Waals surface area contributed by atoms with E-state index in [2.05, 4.69) is 20.2 Å². The van der Waals surface area contributed by atoms with Gasteiger partial charge >= 0.3 is 5.95 Å². The van der Waals surface area contributed by atoms with Crippen LogP contribution in [0.5, 0.6) is 5.95 Å². The molecule has 2 aromatic heterocycles. The van der Waals surface area contributed by atoms with E-state index >= 15 is 0 Å². The minimum Gasteiger partial charge on any atom is -0.479 e. The zero-order valence-corrected chi connectivity index (χ0v) is 11.3. The molecular weight excluding hydrogens is 276 g/mol. The summed E-state index contributed by atoms with van der Waals surface area (Å²) in [6, 6.07) is 7.66. The lowest BCUT2D eigenvalue weighted by molar-refractivity contribution is 0.337. The minimum absolute atomic E-state index is 0.260. The monoisotopic (exact) mass is 286 g/mol. The maximum absolute atomic E-state index is 9.72. The Morgan fingerprint density at radius 1 is 1.30 bits per heavy atom. The Hall–Kier alpha value is -2.54. The third-order valence-corrected chi connectivity index (χ3v) is 3.18. The van der Waals surface area contributed by atoms with Crippen LogP contribution < -0.4 is 0 Å². The average Bonchev–Trinajstić information content (AvgIpc) is 3.07. The normalized spacial score (nSPS) is 11.2. The molecule has 2 heterocycles. The van der Waals surface area contributed by atoms with Gasteiger partial charge in [0.05, 0.1) is 6.21 Å². The molecule has 1 aromatic carbocycles. The Bertz CT molecular complexity index is 732. The molecule has 0 atom stereocenters. The van der Waals surface area contributed by atoms with Gasteiger partial charge in [-0.15, -0.1) is 10.2 Å². The van der Waals surface area contributed by atoms with Crippen molar-refractivity contribution in [2.45, 2.75) is 6.92 Å². The molecule has 0 aliphatic rings. The highest BCUT2D eigenvalue weighted by Gasteiger charge is 2.12. The fourth-order valence-electron chi connectivity index (χ4n) is 1.57. The molecule has 0 aliphatic carbocycles. The van der Waals surface area contributed by atoms with E-state index in [4.69, 9.17) is 4.42 Å². The molecule has 0 aliphatic heterocycles. The smallest absolute Gasteiger partial charge is 0.312 e. The van der Waals surface area contributed by atoms with E-state index in [-0.39, 0.29) is 11.6 Å². The van der Waals surface area contributed by atoms with Crippen molar-refractivity contribution in [3.63, 3.8) is 0 Å². The van der Waals surface area contributed by atoms with Crippen LogP contribution in [-0.4, -0.2) is 26.5 Å². The molecule has 3 aromatic rings. The second kappa shape index (κ2) is 5.22. The lowest BCUT2D eigenvalue weighted by atomic mass is 10.1. The molecule has 3 rings (SSSR count). The van der Waals surface area contributed by atoms with Crippen LogP contribution in [0.1, 0.15) is 11.3 Å². The lowest BCUT2D eigenvalue weighted by Crippen LogP contribution is -1.83. The minimum atomic E-state index is -0.270. The molecule has 7 heteroatoms. The van der Waals surface area contributed by atoms with Crippen molar-refractivity contribution in [2.75, 3.05) is 0 Å². The van der Waals surface area contributed by atoms with Crippen molar-refractivity contribution in [1.82, 2.24) is 15.2 Å². The molecule has 1 N–H and O–H groups in total. The fraction of sp³-hybridized carbons (Fsp3) is 0.0769. The SMILES string of the molecule is Cc1ccc(-c2nc(C=Nc3nncs3)c(O)o2)cc1. The van der Waals surface area contributed by atoms with E-state index < -0.39 is 0 Å². The maximum Gasteiger partial charge on any atom is 0.312 e. The van der Waals surface area contributed by atoms with E-state index in [1.165, 1.54) is 17.6 Å². The van der Waals surface area contributed by atoms with Crippen LogP contribution in [0, 0.1) is 6.92 Å². The molecule has 0 spiro atoms. The van der Waals surface area contributed by atoms with Crippen molar-refractivity contribution >= 4 is 22.7 Å². The summed E-state index contributed by atoms with van der Waals surface area (Å²) in [5.41, 5.74) is 3.77. The molecular formula is C13H10N4O2S. The zero-order chi connectivity index (χ0) is 13.9. The van der Waals surface area contributed by atoms with E-state index in [1.54, 1.807) is 5.51 Å². The van der Waals surface area contributed by atoms with Gasteiger partial charge in [-0.2, -0.15) is 0 Å². The Kier molecular flexibility index (Phi) is 3.26. The number of rotatable bonds is 3. The Morgan fingerprint density at radius 2 is 2.10 bits per heavy atom. The van der Waals surface area contributed by atoms with Crippen molar-refractivity contribution in [1.29, 1.82) is 0 Å². The topological polar surface area (TPSA) is 84.4 Å². The number of aryl methyl sites for hydroxylation is 1. The first kappa shape index (κ1) is 12.5. The third kappa shape index (κ3) is 2.57. The van der Waals surface area contributed by atoms with Gasteiger partial charge in [0.25, 0.3) is 0 Å². The van der Waals surface area contributed by atoms with E-state index in [9.17, 15) is 5.11 Å². The molecule has 20 heavy (non-hydrogen) atoms. The first-order valence-corrected chi connectivity index (χ1v) is 6.67. The van der Waals surface area contributed by atoms with Gasteiger partial charge in [-0.05, 0) is 19.1 Å². The first-order chi connectivity index (χ1) is 9.72. The number of nitrogens with zero attached hydrogens (tertiary/aromatic N) is 4. The van der Waals surface area contributed by atoms with Gasteiger partial charge in [0.15, 0.2) is 5.69 Å². The molecule has 0 bridgehead atoms. The van der Waals surface area contributed by atoms with Gasteiger partial charge in [0.2, 0.25) is 11.0 Å². The van der Waals surface area contributed by atoms with E-state index in [0.29, 0.717) is 11.0 Å². The van der Waals surface area contributed by atoms with Gasteiger partial charge in [0, 0.05) is 5.56 Å². The van der Waals surface area contributed by atoms with Crippen LogP contribution in [0.25, 0.3) is 11.5 Å². The fourth-order valence-corrected chi connectivity index (χ4v) is 1.96. The molecule has 0 saturated heterocycles. The quantitative estimate of drug-likeness (QED) is 0.748. The van der Waals surface area contributed by atoms with Crippen LogP contribution in [0.15, 0.2) is 39.2 Å². The summed E-state index contributed by atoms with van der Waals surface area (Å²) in [7, 11) is 0. The van der Waals surface area contributed by atoms with Crippen molar-refractivity contribution in [3.8, 4) is 17.4 Å². The first-order valence-electron chi connectivity index (χ1n) is 5.79. The maximum atomic E-state index is 9.72. The van der Waals surface area contributed by atoms with E-state index in [1.807, 2.05) is 31.2 Å². The summed E-state index contributed by atoms with van der Waals surface area (Å²) in [6.45, 7) is 2.00. The van der Waals surface area contributed by atoms with Gasteiger partial charge in [-0.3, -0.25) is 0 Å². The predicted octanol–water partition coefficient (Wildman–Crippen LogP) is 2.96. The standard InChI is InChI=1S/C13H10N4O2S/c1-8-2-4-9(5-3-8)11-16-10(12(18)19-11)6-14-13-17-15-7-20-13/h2-7,18H,1H3. The number of aliphatic imine (C=N–C) groups is 1. The highest BCUT2D eigenvalue weighted by Crippen LogP contribution is 2.26. The van der Waals surface area contributed by atoms with E-state index in [0.717, 1.165) is 11.1 Å². The predicted molar refractivity (Wildman–Crippen MR) is 75.5 cm³/mol. The third-order valence-electron chi connectivity index (χ3n) is 2.58. The molecule has 100 valence electrons. The van der Waals surface area contributed by atoms with Crippen LogP contribution in [0.2, 0.25) is 0 Å². The average molecular weight is 286 g/mol. The van der Waals surface area contributed by atoms with Crippen molar-refractivity contribution in [3.05, 3.63) is 41.0 Å². The number of oxazole rings is 1. The summed E-state index contributed by atoms with van der Waals surface area (Å²) >= 11 is 1.29. The van der Waals surface area contributed by atoms with Crippen molar-refractivity contribution < 1.29 is 9.52 Å². The van der Waals surface area contributed by atoms with Crippen LogP contribution in [-0.2, 0) is 0 Å². The summed E-state index contributed by atoms with van der Waals surface area (Å²) < 4.78 is 5.23. The van der Waals surface area contributed by atoms with Gasteiger partial charge in [-0.1, -0.05) is 29.0 Å². The molecule has 6 nitrogen and oxygen atoms in total. The van der Waals surface area contributed by atoms with Crippen LogP contribution in [0.3, 0.4) is 0 Å². The molecule has 0 unspecified atom stereocenters. The Morgan fingerprint density at radius 3 is 2.80 bits per heavy atom. The summed E-state index contributed by atoms with van der Waals surface area (Å²) in [5, 5.41) is 17.6. The number of hydrogen-bond donors (Lipinski definition) is 1. The molecule has 0 amide bonds. The summed E-state index contributed by atoms with van der Waals surface area (Å²) in [6.07, 6.45) is 1.40. The largest absolute Gasteiger partial charge is 0.479 e. The van der Waals surface area contributed by atoms with Crippen LogP contribution in [0.4, 0.5) is 5.13 Å². The van der Waals surface area contributed by atoms with Gasteiger partial charge < -0.3 is 9.52 Å². The number of aromatic hydroxyl groups is 1. The molecule has 0 radical (unpaired) electrons. The van der Waals surface area contributed by atoms with Gasteiger partial charge in [-0.25, -0.2) is 9.98 Å². The molecule has 0 fully saturated rings. The Balaban J connectivity index is 1.89. The second-order valence-electron chi connectivity index (χ2n) is 4.05. The second-order valence-corrected chi connectivity index (χ2v) is 4.87. The lowest BCUT2D eigenvalue weighted by Gasteiger charge is -1.95. The number of benzene rings is 1. The molecule has 0 saturated carbocycles. The zero-order valence-electron chi connectivity index (χ0n) is 10.5. The summed E-state index contributed by atoms with van der Waals surface area (Å²) in [4.78, 5) is 8.26. The summed E-state index contributed by atoms with van der Waals surface area (Å²) in [5.74, 6) is 0.0788. The number of hydrogen-bond acceptors (Lipinski definition) is 7.